The lowest BCUT2D eigenvalue weighted by molar-refractivity contribution is 0.168. The Kier molecular flexibility index (Phi) is 5.16. The second-order valence-electron chi connectivity index (χ2n) is 4.52. The minimum atomic E-state index is -0.436. The fourth-order valence-electron chi connectivity index (χ4n) is 1.88. The topological polar surface area (TPSA) is 63.2 Å². The number of carbonyl (C=O) groups excluding carboxylic acids is 1. The van der Waals surface area contributed by atoms with Gasteiger partial charge in [0.2, 0.25) is 0 Å². The smallest absolute Gasteiger partial charge is 0.411 e. The molecule has 2 rings (SSSR count). The van der Waals surface area contributed by atoms with Crippen molar-refractivity contribution in [2.45, 2.75) is 27.3 Å². The summed E-state index contributed by atoms with van der Waals surface area (Å²) >= 11 is 1.70. The van der Waals surface area contributed by atoms with Crippen molar-refractivity contribution in [3.8, 4) is 0 Å². The first-order chi connectivity index (χ1) is 10.1. The van der Waals surface area contributed by atoms with Crippen LogP contribution in [0.15, 0.2) is 24.3 Å². The number of benzene rings is 1. The van der Waals surface area contributed by atoms with E-state index in [1.165, 1.54) is 4.88 Å². The number of nitrogens with one attached hydrogen (secondary N) is 2. The number of amides is 1. The van der Waals surface area contributed by atoms with Crippen molar-refractivity contribution < 1.29 is 9.53 Å². The van der Waals surface area contributed by atoms with Gasteiger partial charge in [-0.05, 0) is 45.0 Å². The highest BCUT2D eigenvalue weighted by Gasteiger charge is 2.05. The molecule has 0 aliphatic rings. The number of ether oxygens (including phenoxy) is 1. The van der Waals surface area contributed by atoms with Crippen LogP contribution in [-0.4, -0.2) is 17.7 Å². The molecule has 0 bridgehead atoms. The van der Waals surface area contributed by atoms with Crippen molar-refractivity contribution in [3.05, 3.63) is 39.8 Å². The Bertz CT molecular complexity index is 608. The van der Waals surface area contributed by atoms with E-state index in [1.807, 2.05) is 38.1 Å². The quantitative estimate of drug-likeness (QED) is 0.878. The van der Waals surface area contributed by atoms with Crippen LogP contribution in [0.2, 0.25) is 0 Å². The van der Waals surface area contributed by atoms with Gasteiger partial charge in [0.15, 0.2) is 0 Å². The van der Waals surface area contributed by atoms with Gasteiger partial charge in [0, 0.05) is 16.3 Å². The summed E-state index contributed by atoms with van der Waals surface area (Å²) in [7, 11) is 0. The first-order valence-corrected chi connectivity index (χ1v) is 7.60. The third kappa shape index (κ3) is 4.46. The molecule has 0 saturated heterocycles. The summed E-state index contributed by atoms with van der Waals surface area (Å²) < 4.78 is 4.83. The van der Waals surface area contributed by atoms with Crippen molar-refractivity contribution in [1.29, 1.82) is 0 Å². The fourth-order valence-corrected chi connectivity index (χ4v) is 2.75. The lowest BCUT2D eigenvalue weighted by Crippen LogP contribution is -2.13. The molecule has 0 aliphatic heterocycles. The lowest BCUT2D eigenvalue weighted by Gasteiger charge is -2.08. The van der Waals surface area contributed by atoms with Gasteiger partial charge in [0.1, 0.15) is 0 Å². The maximum Gasteiger partial charge on any atom is 0.411 e. The van der Waals surface area contributed by atoms with Crippen LogP contribution in [-0.2, 0) is 11.3 Å². The van der Waals surface area contributed by atoms with Gasteiger partial charge < -0.3 is 10.1 Å². The van der Waals surface area contributed by atoms with Crippen LogP contribution in [0, 0.1) is 13.8 Å². The van der Waals surface area contributed by atoms with Crippen LogP contribution in [0.25, 0.3) is 0 Å². The van der Waals surface area contributed by atoms with Crippen LogP contribution < -0.4 is 10.6 Å². The summed E-state index contributed by atoms with van der Waals surface area (Å²) in [5, 5.41) is 7.09. The second kappa shape index (κ2) is 7.08. The first kappa shape index (κ1) is 15.3. The molecule has 1 heterocycles. The lowest BCUT2D eigenvalue weighted by atomic mass is 10.2. The van der Waals surface area contributed by atoms with E-state index in [0.717, 1.165) is 22.9 Å². The van der Waals surface area contributed by atoms with E-state index >= 15 is 0 Å². The van der Waals surface area contributed by atoms with Crippen LogP contribution in [0.5, 0.6) is 0 Å². The molecule has 6 heteroatoms. The molecule has 1 aromatic carbocycles. The highest BCUT2D eigenvalue weighted by Crippen LogP contribution is 2.20. The maximum atomic E-state index is 11.3. The van der Waals surface area contributed by atoms with Gasteiger partial charge in [-0.25, -0.2) is 9.78 Å². The zero-order valence-electron chi connectivity index (χ0n) is 12.4. The summed E-state index contributed by atoms with van der Waals surface area (Å²) in [5.74, 6) is 0. The Labute approximate surface area is 128 Å². The number of anilines is 2. The monoisotopic (exact) mass is 305 g/mol. The van der Waals surface area contributed by atoms with E-state index in [0.29, 0.717) is 12.3 Å². The summed E-state index contributed by atoms with van der Waals surface area (Å²) in [6.07, 6.45) is -0.436. The van der Waals surface area contributed by atoms with Gasteiger partial charge in [-0.15, -0.1) is 11.3 Å². The zero-order valence-corrected chi connectivity index (χ0v) is 13.2. The Morgan fingerprint density at radius 1 is 1.24 bits per heavy atom. The molecule has 0 radical (unpaired) electrons. The summed E-state index contributed by atoms with van der Waals surface area (Å²) in [6, 6.07) is 7.52. The Balaban J connectivity index is 1.90. The third-order valence-electron chi connectivity index (χ3n) is 2.86. The van der Waals surface area contributed by atoms with E-state index in [9.17, 15) is 4.79 Å². The predicted molar refractivity (Wildman–Crippen MR) is 86.0 cm³/mol. The molecule has 0 saturated carbocycles. The minimum Gasteiger partial charge on any atom is -0.450 e. The molecular formula is C15H19N3O2S. The average Bonchev–Trinajstić information content (AvgIpc) is 2.76. The van der Waals surface area contributed by atoms with Crippen molar-refractivity contribution in [1.82, 2.24) is 4.98 Å². The molecular weight excluding hydrogens is 286 g/mol. The molecule has 0 aliphatic carbocycles. The largest absolute Gasteiger partial charge is 0.450 e. The molecule has 0 spiro atoms. The summed E-state index contributed by atoms with van der Waals surface area (Å²) in [4.78, 5) is 16.9. The number of rotatable bonds is 5. The van der Waals surface area contributed by atoms with Crippen molar-refractivity contribution in [2.24, 2.45) is 0 Å². The molecule has 2 aromatic rings. The fraction of sp³-hybridized carbons (Fsp3) is 0.333. The standard InChI is InChI=1S/C15H19N3O2S/c1-4-20-15(19)18-13-7-5-12(6-8-13)16-9-14-10(2)17-11(3)21-14/h5-8,16H,4,9H2,1-3H3,(H,18,19). The molecule has 21 heavy (non-hydrogen) atoms. The van der Waals surface area contributed by atoms with Crippen molar-refractivity contribution in [3.63, 3.8) is 0 Å². The molecule has 112 valence electrons. The molecule has 0 atom stereocenters. The van der Waals surface area contributed by atoms with Crippen molar-refractivity contribution in [2.75, 3.05) is 17.2 Å². The van der Waals surface area contributed by atoms with Gasteiger partial charge in [-0.1, -0.05) is 0 Å². The van der Waals surface area contributed by atoms with Crippen LogP contribution in [0.3, 0.4) is 0 Å². The molecule has 0 unspecified atom stereocenters. The Morgan fingerprint density at radius 2 is 1.90 bits per heavy atom. The number of hydrogen-bond donors (Lipinski definition) is 2. The van der Waals surface area contributed by atoms with E-state index in [1.54, 1.807) is 18.3 Å². The third-order valence-corrected chi connectivity index (χ3v) is 3.93. The van der Waals surface area contributed by atoms with Gasteiger partial charge in [-0.2, -0.15) is 0 Å². The number of aryl methyl sites for hydroxylation is 2. The predicted octanol–water partition coefficient (Wildman–Crippen LogP) is 3.94. The normalized spacial score (nSPS) is 10.2. The van der Waals surface area contributed by atoms with E-state index in [-0.39, 0.29) is 0 Å². The maximum absolute atomic E-state index is 11.3. The average molecular weight is 305 g/mol. The molecule has 1 aromatic heterocycles. The van der Waals surface area contributed by atoms with Gasteiger partial charge in [0.05, 0.1) is 23.9 Å². The second-order valence-corrected chi connectivity index (χ2v) is 5.81. The molecule has 0 fully saturated rings. The van der Waals surface area contributed by atoms with Crippen LogP contribution in [0.4, 0.5) is 16.2 Å². The van der Waals surface area contributed by atoms with E-state index in [4.69, 9.17) is 4.74 Å². The number of aromatic nitrogens is 1. The Morgan fingerprint density at radius 3 is 2.48 bits per heavy atom. The summed E-state index contributed by atoms with van der Waals surface area (Å²) in [5.41, 5.74) is 2.78. The molecule has 2 N–H and O–H groups in total. The van der Waals surface area contributed by atoms with Gasteiger partial charge in [-0.3, -0.25) is 5.32 Å². The van der Waals surface area contributed by atoms with Gasteiger partial charge >= 0.3 is 6.09 Å². The number of carbonyl (C=O) groups is 1. The molecule has 5 nitrogen and oxygen atoms in total. The Hall–Kier alpha value is -2.08. The van der Waals surface area contributed by atoms with Crippen LogP contribution in [0.1, 0.15) is 22.5 Å². The summed E-state index contributed by atoms with van der Waals surface area (Å²) in [6.45, 7) is 6.92. The van der Waals surface area contributed by atoms with Gasteiger partial charge in [0.25, 0.3) is 0 Å². The number of hydrogen-bond acceptors (Lipinski definition) is 5. The van der Waals surface area contributed by atoms with Crippen LogP contribution >= 0.6 is 11.3 Å². The highest BCUT2D eigenvalue weighted by molar-refractivity contribution is 7.11. The zero-order chi connectivity index (χ0) is 15.2. The SMILES string of the molecule is CCOC(=O)Nc1ccc(NCc2sc(C)nc2C)cc1. The highest BCUT2D eigenvalue weighted by atomic mass is 32.1. The van der Waals surface area contributed by atoms with E-state index < -0.39 is 6.09 Å². The first-order valence-electron chi connectivity index (χ1n) is 6.79. The van der Waals surface area contributed by atoms with E-state index in [2.05, 4.69) is 15.6 Å². The number of thiazole rings is 1. The number of nitrogens with zero attached hydrogens (tertiary/aromatic N) is 1. The molecule has 1 amide bonds. The minimum absolute atomic E-state index is 0.360. The van der Waals surface area contributed by atoms with Crippen molar-refractivity contribution >= 4 is 28.8 Å².